The molecule has 1 N–H and O–H groups in total. The fourth-order valence-electron chi connectivity index (χ4n) is 2.29. The maximum Gasteiger partial charge on any atom is 0.311 e. The molecule has 0 atom stereocenters. The topological polar surface area (TPSA) is 138 Å². The summed E-state index contributed by atoms with van der Waals surface area (Å²) in [6, 6.07) is 8.10. The fourth-order valence-corrected chi connectivity index (χ4v) is 4.64. The molecule has 0 aliphatic carbocycles. The number of thiocarbonyl (C=S) groups is 1. The van der Waals surface area contributed by atoms with E-state index >= 15 is 0 Å². The molecule has 148 valence electrons. The number of nitro groups is 2. The normalized spacial score (nSPS) is 10.5. The predicted molar refractivity (Wildman–Crippen MR) is 112 cm³/mol. The first-order valence-corrected chi connectivity index (χ1v) is 9.73. The molecular formula is C16H10N4O6S3. The van der Waals surface area contributed by atoms with Crippen LogP contribution in [0.4, 0.5) is 11.4 Å². The number of nitrogens with zero attached hydrogens (tertiary/aromatic N) is 3. The van der Waals surface area contributed by atoms with Gasteiger partial charge < -0.3 is 10.1 Å². The average Bonchev–Trinajstić information content (AvgIpc) is 3.08. The number of amides is 1. The number of thiazole rings is 1. The summed E-state index contributed by atoms with van der Waals surface area (Å²) < 4.78 is 6.09. The van der Waals surface area contributed by atoms with E-state index < -0.39 is 15.8 Å². The lowest BCUT2D eigenvalue weighted by Gasteiger charge is -2.06. The van der Waals surface area contributed by atoms with Crippen molar-refractivity contribution < 1.29 is 19.4 Å². The summed E-state index contributed by atoms with van der Waals surface area (Å²) in [5, 5.41) is 24.4. The summed E-state index contributed by atoms with van der Waals surface area (Å²) in [5.41, 5.74) is 0.226. The number of fused-ring (bicyclic) bond motifs is 1. The highest BCUT2D eigenvalue weighted by molar-refractivity contribution is 8.23. The van der Waals surface area contributed by atoms with E-state index in [-0.39, 0.29) is 27.0 Å². The predicted octanol–water partition coefficient (Wildman–Crippen LogP) is 3.93. The molecule has 29 heavy (non-hydrogen) atoms. The molecule has 3 rings (SSSR count). The van der Waals surface area contributed by atoms with Crippen molar-refractivity contribution in [1.29, 1.82) is 0 Å². The number of nitro benzene ring substituents is 2. The minimum absolute atomic E-state index is 0.0343. The van der Waals surface area contributed by atoms with Crippen LogP contribution in [0.25, 0.3) is 10.2 Å². The molecule has 2 aromatic carbocycles. The van der Waals surface area contributed by atoms with Crippen LogP contribution in [-0.4, -0.2) is 32.2 Å². The van der Waals surface area contributed by atoms with E-state index in [9.17, 15) is 25.0 Å². The van der Waals surface area contributed by atoms with Gasteiger partial charge >= 0.3 is 5.69 Å². The number of ether oxygens (including phenoxy) is 1. The molecule has 0 aliphatic heterocycles. The van der Waals surface area contributed by atoms with Gasteiger partial charge in [-0.15, -0.1) is 11.3 Å². The Balaban J connectivity index is 1.73. The second-order valence-electron chi connectivity index (χ2n) is 5.38. The van der Waals surface area contributed by atoms with E-state index in [2.05, 4.69) is 10.3 Å². The number of hydrogen-bond donors (Lipinski definition) is 1. The summed E-state index contributed by atoms with van der Waals surface area (Å²) in [5.74, 6) is -0.586. The Kier molecular flexibility index (Phi) is 6.00. The second-order valence-corrected chi connectivity index (χ2v) is 8.33. The largest absolute Gasteiger partial charge is 0.490 e. The Morgan fingerprint density at radius 2 is 1.97 bits per heavy atom. The number of thioether (sulfide) groups is 1. The number of nitrogens with one attached hydrogen (secondary N) is 1. The average molecular weight is 450 g/mol. The third-order valence-corrected chi connectivity index (χ3v) is 5.81. The van der Waals surface area contributed by atoms with Crippen LogP contribution < -0.4 is 10.1 Å². The van der Waals surface area contributed by atoms with Crippen molar-refractivity contribution >= 4 is 67.1 Å². The molecule has 0 aliphatic rings. The van der Waals surface area contributed by atoms with Gasteiger partial charge in [0.1, 0.15) is 4.32 Å². The lowest BCUT2D eigenvalue weighted by molar-refractivity contribution is -0.385. The highest BCUT2D eigenvalue weighted by Gasteiger charge is 2.19. The van der Waals surface area contributed by atoms with Crippen LogP contribution in [0.5, 0.6) is 5.75 Å². The molecule has 0 radical (unpaired) electrons. The maximum atomic E-state index is 12.3. The first kappa shape index (κ1) is 20.6. The summed E-state index contributed by atoms with van der Waals surface area (Å²) in [6.45, 7) is 0. The molecule has 1 amide bonds. The van der Waals surface area contributed by atoms with Gasteiger partial charge in [0.15, 0.2) is 10.1 Å². The van der Waals surface area contributed by atoms with E-state index in [0.717, 1.165) is 17.8 Å². The van der Waals surface area contributed by atoms with E-state index in [1.54, 1.807) is 0 Å². The third kappa shape index (κ3) is 4.64. The van der Waals surface area contributed by atoms with Gasteiger partial charge in [-0.2, -0.15) is 0 Å². The van der Waals surface area contributed by atoms with E-state index in [4.69, 9.17) is 17.0 Å². The monoisotopic (exact) mass is 450 g/mol. The lowest BCUT2D eigenvalue weighted by Crippen LogP contribution is -2.26. The van der Waals surface area contributed by atoms with Gasteiger partial charge in [-0.05, 0) is 30.0 Å². The number of hydrogen-bond acceptors (Lipinski definition) is 10. The summed E-state index contributed by atoms with van der Waals surface area (Å²) in [6.07, 6.45) is 0. The number of rotatable bonds is 5. The van der Waals surface area contributed by atoms with Gasteiger partial charge in [0.2, 0.25) is 0 Å². The van der Waals surface area contributed by atoms with Crippen LogP contribution in [0, 0.1) is 20.2 Å². The van der Waals surface area contributed by atoms with E-state index in [1.165, 1.54) is 48.8 Å². The zero-order valence-corrected chi connectivity index (χ0v) is 16.9. The molecule has 3 aromatic rings. The third-order valence-electron chi connectivity index (χ3n) is 3.60. The summed E-state index contributed by atoms with van der Waals surface area (Å²) in [4.78, 5) is 37.4. The van der Waals surface area contributed by atoms with Crippen molar-refractivity contribution in [2.45, 2.75) is 4.34 Å². The van der Waals surface area contributed by atoms with Crippen LogP contribution in [-0.2, 0) is 0 Å². The fraction of sp³-hybridized carbons (Fsp3) is 0.0625. The van der Waals surface area contributed by atoms with Crippen LogP contribution in [0.1, 0.15) is 10.4 Å². The van der Waals surface area contributed by atoms with Gasteiger partial charge in [0, 0.05) is 23.8 Å². The standard InChI is InChI=1S/C16H10N4O6S3/c1-26-12-5-2-8(6-11(12)20(24)25)14(21)18-15(27)29-16-17-10-4-3-9(19(22)23)7-13(10)28-16/h2-7H,1H3,(H,18,21,27). The van der Waals surface area contributed by atoms with Gasteiger partial charge in [-0.1, -0.05) is 12.2 Å². The first-order valence-electron chi connectivity index (χ1n) is 7.69. The molecule has 1 heterocycles. The highest BCUT2D eigenvalue weighted by atomic mass is 32.2. The van der Waals surface area contributed by atoms with Crippen molar-refractivity contribution in [2.24, 2.45) is 0 Å². The Labute approximate surface area is 176 Å². The zero-order valence-electron chi connectivity index (χ0n) is 14.5. The molecule has 0 saturated carbocycles. The quantitative estimate of drug-likeness (QED) is 0.265. The Bertz CT molecular complexity index is 1160. The number of methoxy groups -OCH3 is 1. The molecule has 0 spiro atoms. The highest BCUT2D eigenvalue weighted by Crippen LogP contribution is 2.32. The van der Waals surface area contributed by atoms with Crippen molar-refractivity contribution in [3.63, 3.8) is 0 Å². The van der Waals surface area contributed by atoms with Gasteiger partial charge in [0.05, 0.1) is 27.2 Å². The second kappa shape index (κ2) is 8.46. The summed E-state index contributed by atoms with van der Waals surface area (Å²) >= 11 is 7.35. The van der Waals surface area contributed by atoms with Gasteiger partial charge in [-0.25, -0.2) is 4.98 Å². The van der Waals surface area contributed by atoms with E-state index in [1.807, 2.05) is 0 Å². The molecule has 0 unspecified atom stereocenters. The Hall–Kier alpha value is -3.16. The number of carbonyl (C=O) groups excluding carboxylic acids is 1. The molecular weight excluding hydrogens is 440 g/mol. The zero-order chi connectivity index (χ0) is 21.1. The lowest BCUT2D eigenvalue weighted by atomic mass is 10.2. The van der Waals surface area contributed by atoms with Crippen molar-refractivity contribution in [3.8, 4) is 5.75 Å². The van der Waals surface area contributed by atoms with Crippen LogP contribution in [0.15, 0.2) is 40.7 Å². The SMILES string of the molecule is COc1ccc(C(=O)NC(=S)Sc2nc3ccc([N+](=O)[O-])cc3s2)cc1[N+](=O)[O-]. The number of benzene rings is 2. The Morgan fingerprint density at radius 1 is 1.21 bits per heavy atom. The molecule has 0 bridgehead atoms. The minimum atomic E-state index is -0.650. The van der Waals surface area contributed by atoms with Crippen LogP contribution >= 0.6 is 35.3 Å². The first-order chi connectivity index (χ1) is 13.8. The Morgan fingerprint density at radius 3 is 2.62 bits per heavy atom. The smallest absolute Gasteiger partial charge is 0.311 e. The molecule has 0 saturated heterocycles. The number of carbonyl (C=O) groups is 1. The molecule has 13 heteroatoms. The van der Waals surface area contributed by atoms with Crippen LogP contribution in [0.2, 0.25) is 0 Å². The minimum Gasteiger partial charge on any atom is -0.490 e. The molecule has 10 nitrogen and oxygen atoms in total. The van der Waals surface area contributed by atoms with E-state index in [0.29, 0.717) is 14.6 Å². The number of aromatic nitrogens is 1. The van der Waals surface area contributed by atoms with Crippen molar-refractivity contribution in [1.82, 2.24) is 10.3 Å². The van der Waals surface area contributed by atoms with Crippen LogP contribution in [0.3, 0.4) is 0 Å². The van der Waals surface area contributed by atoms with Crippen molar-refractivity contribution in [3.05, 3.63) is 62.2 Å². The molecule has 1 aromatic heterocycles. The van der Waals surface area contributed by atoms with Gasteiger partial charge in [-0.3, -0.25) is 25.0 Å². The van der Waals surface area contributed by atoms with Gasteiger partial charge in [0.25, 0.3) is 11.6 Å². The maximum absolute atomic E-state index is 12.3. The molecule has 0 fully saturated rings. The number of non-ortho nitro benzene ring substituents is 1. The summed E-state index contributed by atoms with van der Waals surface area (Å²) in [7, 11) is 1.29. The van der Waals surface area contributed by atoms with Crippen molar-refractivity contribution in [2.75, 3.05) is 7.11 Å².